The van der Waals surface area contributed by atoms with Gasteiger partial charge in [0.05, 0.1) is 12.6 Å². The third kappa shape index (κ3) is 4.81. The van der Waals surface area contributed by atoms with Gasteiger partial charge in [-0.15, -0.1) is 12.3 Å². The lowest BCUT2D eigenvalue weighted by atomic mass is 9.75. The van der Waals surface area contributed by atoms with Crippen molar-refractivity contribution in [3.63, 3.8) is 0 Å². The third-order valence-corrected chi connectivity index (χ3v) is 6.20. The molecule has 1 aromatic heterocycles. The average molecular weight is 450 g/mol. The van der Waals surface area contributed by atoms with E-state index < -0.39 is 23.6 Å². The lowest BCUT2D eigenvalue weighted by Crippen LogP contribution is -2.35. The third-order valence-electron chi connectivity index (χ3n) is 6.20. The van der Waals surface area contributed by atoms with Crippen molar-refractivity contribution in [2.45, 2.75) is 32.3 Å². The Morgan fingerprint density at radius 1 is 1.24 bits per heavy atom. The van der Waals surface area contributed by atoms with Crippen LogP contribution < -0.4 is 10.6 Å². The van der Waals surface area contributed by atoms with Crippen molar-refractivity contribution in [1.29, 1.82) is 0 Å². The van der Waals surface area contributed by atoms with Gasteiger partial charge in [0.15, 0.2) is 0 Å². The standard InChI is InChI=1S/C26H25F2N3O2/c1-3-16-13-17(5-9-24(16)32)18-10-11-29-14-23(18)31-26(33)22-8-7-21(28)25(30-22)19-12-15(2)4-6-20(19)27/h1,4,6-8,10-12,16-17,24,29,32H,5,9,13-14H2,2H3,(H,31,33)/t16?,17-,24-/m0/s1. The second kappa shape index (κ2) is 9.55. The summed E-state index contributed by atoms with van der Waals surface area (Å²) < 4.78 is 28.8. The van der Waals surface area contributed by atoms with Gasteiger partial charge in [-0.2, -0.15) is 0 Å². The number of allylic oxidation sites excluding steroid dienone is 2. The van der Waals surface area contributed by atoms with Crippen molar-refractivity contribution in [2.75, 3.05) is 6.54 Å². The molecule has 0 saturated heterocycles. The number of aromatic nitrogens is 1. The number of amides is 1. The number of aryl methyl sites for hydroxylation is 1. The maximum atomic E-state index is 14.5. The van der Waals surface area contributed by atoms with E-state index in [1.165, 1.54) is 18.2 Å². The number of pyridine rings is 1. The Balaban J connectivity index is 1.61. The number of hydrogen-bond acceptors (Lipinski definition) is 4. The van der Waals surface area contributed by atoms with E-state index in [4.69, 9.17) is 6.42 Å². The van der Waals surface area contributed by atoms with Crippen LogP contribution in [0.25, 0.3) is 11.3 Å². The summed E-state index contributed by atoms with van der Waals surface area (Å²) in [6.07, 6.45) is 10.8. The first-order valence-corrected chi connectivity index (χ1v) is 10.9. The van der Waals surface area contributed by atoms with Gasteiger partial charge in [-0.25, -0.2) is 13.8 Å². The van der Waals surface area contributed by atoms with Crippen LogP contribution in [0.15, 0.2) is 53.9 Å². The summed E-state index contributed by atoms with van der Waals surface area (Å²) in [4.78, 5) is 17.1. The number of carbonyl (C=O) groups excluding carboxylic acids is 1. The smallest absolute Gasteiger partial charge is 0.274 e. The monoisotopic (exact) mass is 449 g/mol. The van der Waals surface area contributed by atoms with E-state index in [2.05, 4.69) is 21.5 Å². The van der Waals surface area contributed by atoms with Crippen molar-refractivity contribution < 1.29 is 18.7 Å². The van der Waals surface area contributed by atoms with Crippen LogP contribution in [0.4, 0.5) is 8.78 Å². The molecule has 2 aliphatic rings. The molecule has 1 fully saturated rings. The van der Waals surface area contributed by atoms with Crippen molar-refractivity contribution in [3.8, 4) is 23.6 Å². The van der Waals surface area contributed by atoms with Gasteiger partial charge >= 0.3 is 0 Å². The molecule has 3 atom stereocenters. The Bertz CT molecular complexity index is 1180. The van der Waals surface area contributed by atoms with Crippen LogP contribution in [-0.2, 0) is 0 Å². The normalized spacial score (nSPS) is 22.5. The fourth-order valence-electron chi connectivity index (χ4n) is 4.41. The van der Waals surface area contributed by atoms with Gasteiger partial charge in [0.2, 0.25) is 0 Å². The first-order valence-electron chi connectivity index (χ1n) is 10.9. The second-order valence-electron chi connectivity index (χ2n) is 8.46. The predicted octanol–water partition coefficient (Wildman–Crippen LogP) is 3.85. The van der Waals surface area contributed by atoms with Crippen LogP contribution in [0.3, 0.4) is 0 Å². The summed E-state index contributed by atoms with van der Waals surface area (Å²) in [5.41, 5.74) is 2.15. The minimum atomic E-state index is -0.709. The van der Waals surface area contributed by atoms with Gasteiger partial charge in [-0.1, -0.05) is 11.6 Å². The Labute approximate surface area is 191 Å². The lowest BCUT2D eigenvalue weighted by Gasteiger charge is -2.33. The molecule has 0 spiro atoms. The van der Waals surface area contributed by atoms with E-state index in [-0.39, 0.29) is 28.8 Å². The molecule has 170 valence electrons. The number of rotatable bonds is 4. The largest absolute Gasteiger partial charge is 0.392 e. The first-order chi connectivity index (χ1) is 15.9. The Hall–Kier alpha value is -3.50. The molecule has 2 aromatic rings. The molecule has 1 aromatic carbocycles. The maximum absolute atomic E-state index is 14.5. The SMILES string of the molecule is C#CC1C[C@@H](C2=C(NC(=O)c3ccc(F)c(-c4cc(C)ccc4F)n3)CNC=C2)CC[C@@H]1O. The number of aliphatic hydroxyl groups is 1. The van der Waals surface area contributed by atoms with Crippen molar-refractivity contribution in [3.05, 3.63) is 76.8 Å². The zero-order valence-electron chi connectivity index (χ0n) is 18.2. The van der Waals surface area contributed by atoms with Crippen molar-refractivity contribution >= 4 is 5.91 Å². The number of terminal acetylenes is 1. The minimum Gasteiger partial charge on any atom is -0.392 e. The lowest BCUT2D eigenvalue weighted by molar-refractivity contribution is 0.0820. The molecule has 1 saturated carbocycles. The number of nitrogens with one attached hydrogen (secondary N) is 2. The molecule has 0 bridgehead atoms. The number of halogens is 2. The zero-order valence-corrected chi connectivity index (χ0v) is 18.2. The second-order valence-corrected chi connectivity index (χ2v) is 8.46. The van der Waals surface area contributed by atoms with Crippen molar-refractivity contribution in [1.82, 2.24) is 15.6 Å². The number of hydrogen-bond donors (Lipinski definition) is 3. The van der Waals surface area contributed by atoms with E-state index in [1.807, 2.05) is 12.3 Å². The molecule has 4 rings (SSSR count). The highest BCUT2D eigenvalue weighted by Crippen LogP contribution is 2.36. The fourth-order valence-corrected chi connectivity index (χ4v) is 4.41. The zero-order chi connectivity index (χ0) is 23.5. The summed E-state index contributed by atoms with van der Waals surface area (Å²) in [5, 5.41) is 16.1. The molecule has 1 aliphatic carbocycles. The van der Waals surface area contributed by atoms with E-state index >= 15 is 0 Å². The quantitative estimate of drug-likeness (QED) is 0.620. The fraction of sp³-hybridized carbons (Fsp3) is 0.308. The molecule has 2 heterocycles. The molecule has 3 N–H and O–H groups in total. The highest BCUT2D eigenvalue weighted by Gasteiger charge is 2.31. The Morgan fingerprint density at radius 3 is 2.82 bits per heavy atom. The maximum Gasteiger partial charge on any atom is 0.274 e. The van der Waals surface area contributed by atoms with Crippen LogP contribution in [-0.4, -0.2) is 28.6 Å². The van der Waals surface area contributed by atoms with Gasteiger partial charge < -0.3 is 15.7 Å². The topological polar surface area (TPSA) is 74.2 Å². The van der Waals surface area contributed by atoms with E-state index in [9.17, 15) is 18.7 Å². The first kappa shape index (κ1) is 22.7. The van der Waals surface area contributed by atoms with Crippen LogP contribution in [0.1, 0.15) is 35.3 Å². The Morgan fingerprint density at radius 2 is 2.03 bits per heavy atom. The molecule has 1 unspecified atom stereocenters. The number of benzene rings is 1. The van der Waals surface area contributed by atoms with Crippen LogP contribution in [0.2, 0.25) is 0 Å². The van der Waals surface area contributed by atoms with Gasteiger partial charge in [-0.3, -0.25) is 4.79 Å². The van der Waals surface area contributed by atoms with Crippen LogP contribution in [0.5, 0.6) is 0 Å². The summed E-state index contributed by atoms with van der Waals surface area (Å²) >= 11 is 0. The van der Waals surface area contributed by atoms with E-state index in [0.29, 0.717) is 25.1 Å². The van der Waals surface area contributed by atoms with Gasteiger partial charge in [0.25, 0.3) is 5.91 Å². The molecular formula is C26H25F2N3O2. The van der Waals surface area contributed by atoms with E-state index in [0.717, 1.165) is 23.6 Å². The number of aliphatic hydroxyl groups excluding tert-OH is 1. The van der Waals surface area contributed by atoms with Crippen LogP contribution >= 0.6 is 0 Å². The van der Waals surface area contributed by atoms with Gasteiger partial charge in [-0.05, 0) is 74.2 Å². The highest BCUT2D eigenvalue weighted by atomic mass is 19.1. The molecule has 5 nitrogen and oxygen atoms in total. The predicted molar refractivity (Wildman–Crippen MR) is 122 cm³/mol. The van der Waals surface area contributed by atoms with Crippen LogP contribution in [0, 0.1) is 42.7 Å². The van der Waals surface area contributed by atoms with E-state index in [1.54, 1.807) is 13.0 Å². The molecular weight excluding hydrogens is 424 g/mol. The number of nitrogens with zero attached hydrogens (tertiary/aromatic N) is 1. The molecule has 1 aliphatic heterocycles. The summed E-state index contributed by atoms with van der Waals surface area (Å²) in [5.74, 6) is 0.691. The minimum absolute atomic E-state index is 0.00501. The summed E-state index contributed by atoms with van der Waals surface area (Å²) in [6, 6.07) is 6.73. The molecule has 0 radical (unpaired) electrons. The van der Waals surface area contributed by atoms with Gasteiger partial charge in [0, 0.05) is 17.2 Å². The summed E-state index contributed by atoms with van der Waals surface area (Å²) in [7, 11) is 0. The van der Waals surface area contributed by atoms with Crippen molar-refractivity contribution in [2.24, 2.45) is 11.8 Å². The van der Waals surface area contributed by atoms with Gasteiger partial charge in [0.1, 0.15) is 23.0 Å². The number of carbonyl (C=O) groups is 1. The summed E-state index contributed by atoms with van der Waals surface area (Å²) in [6.45, 7) is 2.17. The molecule has 33 heavy (non-hydrogen) atoms. The number of dihydropyridines is 1. The molecule has 7 heteroatoms. The Kier molecular flexibility index (Phi) is 6.57. The average Bonchev–Trinajstić information content (AvgIpc) is 2.82. The highest BCUT2D eigenvalue weighted by molar-refractivity contribution is 5.94. The molecule has 1 amide bonds.